The Kier molecular flexibility index (Phi) is 12.1. The number of nitrogen functional groups attached to an aromatic ring is 2. The number of rotatable bonds is 8. The lowest BCUT2D eigenvalue weighted by Crippen LogP contribution is -2.19. The van der Waals surface area contributed by atoms with Crippen LogP contribution in [0.5, 0.6) is 11.5 Å². The first-order chi connectivity index (χ1) is 24.8. The highest BCUT2D eigenvalue weighted by Crippen LogP contribution is 2.38. The van der Waals surface area contributed by atoms with Gasteiger partial charge in [0.05, 0.1) is 24.1 Å². The van der Waals surface area contributed by atoms with Crippen LogP contribution in [0.25, 0.3) is 10.9 Å². The lowest BCUT2D eigenvalue weighted by molar-refractivity contribution is 0.199. The van der Waals surface area contributed by atoms with Crippen LogP contribution in [0, 0.1) is 29.0 Å². The number of halogens is 3. The summed E-state index contributed by atoms with van der Waals surface area (Å²) in [6, 6.07) is 28.4. The van der Waals surface area contributed by atoms with Gasteiger partial charge in [-0.2, -0.15) is 10.2 Å². The molecule has 4 aromatic carbocycles. The zero-order valence-corrected chi connectivity index (χ0v) is 29.9. The van der Waals surface area contributed by atoms with Crippen molar-refractivity contribution in [3.63, 3.8) is 0 Å². The average molecular weight is 727 g/mol. The second-order valence-electron chi connectivity index (χ2n) is 13.5. The van der Waals surface area contributed by atoms with E-state index in [0.717, 1.165) is 59.7 Å². The Hall–Kier alpha value is -4.58. The van der Waals surface area contributed by atoms with Crippen LogP contribution in [0.3, 0.4) is 0 Å². The van der Waals surface area contributed by atoms with Crippen LogP contribution in [0.15, 0.2) is 84.9 Å². The van der Waals surface area contributed by atoms with Gasteiger partial charge in [0.1, 0.15) is 34.8 Å². The molecule has 0 spiro atoms. The SMILES string of the molecule is N#Cc1c(F)cccc1OCC1CCC(c2ccc(Cl)cc2)CC1.Nc1nc(N)c2c(OCC3CCC(c4ccc(Cl)cc4)CC3)cccc2n1. The molecular formula is C41H42Cl2FN5O2. The van der Waals surface area contributed by atoms with Gasteiger partial charge in [0.15, 0.2) is 0 Å². The van der Waals surface area contributed by atoms with Crippen LogP contribution < -0.4 is 20.9 Å². The zero-order valence-electron chi connectivity index (χ0n) is 28.4. The standard InChI is InChI=1S/C21H23ClN4O.C20H19ClFNO/c22-16-10-8-15(9-11-16)14-6-4-13(5-7-14)12-27-18-3-1-2-17-19(18)20(23)26-21(24)25-17;21-17-10-8-16(9-11-17)15-6-4-14(5-7-15)13-24-20-3-1-2-19(22)18(20)12-23/h1-3,8-11,13-14H,4-7,12H2,(H4,23,24,25,26);1-3,8-11,14-15H,4-7,13H2. The lowest BCUT2D eigenvalue weighted by atomic mass is 9.79. The van der Waals surface area contributed by atoms with Crippen LogP contribution in [0.2, 0.25) is 10.0 Å². The van der Waals surface area contributed by atoms with E-state index in [1.165, 1.54) is 30.0 Å². The molecule has 0 saturated heterocycles. The number of nitrogens with zero attached hydrogens (tertiary/aromatic N) is 3. The monoisotopic (exact) mass is 725 g/mol. The minimum atomic E-state index is -0.526. The van der Waals surface area contributed by atoms with E-state index in [2.05, 4.69) is 34.2 Å². The highest BCUT2D eigenvalue weighted by molar-refractivity contribution is 6.30. The van der Waals surface area contributed by atoms with Crippen LogP contribution in [0.1, 0.15) is 79.9 Å². The Morgan fingerprint density at radius 3 is 1.69 bits per heavy atom. The Labute approximate surface area is 308 Å². The van der Waals surface area contributed by atoms with Crippen molar-refractivity contribution in [2.24, 2.45) is 11.8 Å². The van der Waals surface area contributed by atoms with Gasteiger partial charge in [-0.25, -0.2) is 9.37 Å². The maximum atomic E-state index is 13.6. The Bertz CT molecular complexity index is 1950. The van der Waals surface area contributed by atoms with Gasteiger partial charge >= 0.3 is 0 Å². The third-order valence-corrected chi connectivity index (χ3v) is 10.6. The summed E-state index contributed by atoms with van der Waals surface area (Å²) in [5.41, 5.74) is 15.2. The molecule has 2 saturated carbocycles. The summed E-state index contributed by atoms with van der Waals surface area (Å²) in [5, 5.41) is 11.3. The Morgan fingerprint density at radius 1 is 0.667 bits per heavy atom. The number of nitriles is 1. The number of anilines is 2. The first-order valence-electron chi connectivity index (χ1n) is 17.5. The van der Waals surface area contributed by atoms with E-state index in [-0.39, 0.29) is 11.5 Å². The fraction of sp³-hybridized carbons (Fsp3) is 0.341. The molecule has 7 rings (SSSR count). The first kappa shape index (κ1) is 36.2. The molecular weight excluding hydrogens is 684 g/mol. The van der Waals surface area contributed by atoms with E-state index in [0.29, 0.717) is 54.0 Å². The fourth-order valence-corrected chi connectivity index (χ4v) is 7.51. The van der Waals surface area contributed by atoms with E-state index >= 15 is 0 Å². The maximum Gasteiger partial charge on any atom is 0.222 e. The van der Waals surface area contributed by atoms with Gasteiger partial charge in [0, 0.05) is 10.0 Å². The van der Waals surface area contributed by atoms with Crippen molar-refractivity contribution >= 4 is 45.9 Å². The van der Waals surface area contributed by atoms with Crippen molar-refractivity contribution in [2.45, 2.75) is 63.2 Å². The minimum absolute atomic E-state index is 0.00708. The fourth-order valence-electron chi connectivity index (χ4n) is 7.26. The summed E-state index contributed by atoms with van der Waals surface area (Å²) in [4.78, 5) is 8.30. The number of hydrogen-bond donors (Lipinski definition) is 2. The second kappa shape index (κ2) is 17.1. The molecule has 7 nitrogen and oxygen atoms in total. The molecule has 0 radical (unpaired) electrons. The molecule has 5 aromatic rings. The van der Waals surface area contributed by atoms with Gasteiger partial charge < -0.3 is 20.9 Å². The zero-order chi connectivity index (χ0) is 35.7. The van der Waals surface area contributed by atoms with Crippen molar-refractivity contribution in [3.05, 3.63) is 117 Å². The Morgan fingerprint density at radius 2 is 1.16 bits per heavy atom. The molecule has 0 amide bonds. The summed E-state index contributed by atoms with van der Waals surface area (Å²) in [6.07, 6.45) is 9.02. The summed E-state index contributed by atoms with van der Waals surface area (Å²) in [5.74, 6) is 3.26. The van der Waals surface area contributed by atoms with Crippen molar-refractivity contribution in [3.8, 4) is 17.6 Å². The third kappa shape index (κ3) is 9.40. The molecule has 2 aliphatic rings. The summed E-state index contributed by atoms with van der Waals surface area (Å²) < 4.78 is 25.4. The van der Waals surface area contributed by atoms with Gasteiger partial charge in [-0.3, -0.25) is 0 Å². The normalized spacial score (nSPS) is 20.1. The summed E-state index contributed by atoms with van der Waals surface area (Å²) >= 11 is 11.9. The minimum Gasteiger partial charge on any atom is -0.492 e. The number of benzene rings is 4. The number of hydrogen-bond acceptors (Lipinski definition) is 7. The number of nitrogens with two attached hydrogens (primary N) is 2. The van der Waals surface area contributed by atoms with Crippen LogP contribution in [-0.4, -0.2) is 23.2 Å². The second-order valence-corrected chi connectivity index (χ2v) is 14.4. The molecule has 0 bridgehead atoms. The van der Waals surface area contributed by atoms with E-state index in [1.54, 1.807) is 12.1 Å². The van der Waals surface area contributed by atoms with Crippen molar-refractivity contribution in [2.75, 3.05) is 24.7 Å². The van der Waals surface area contributed by atoms with Gasteiger partial charge in [0.2, 0.25) is 5.95 Å². The predicted octanol–water partition coefficient (Wildman–Crippen LogP) is 10.5. The first-order valence-corrected chi connectivity index (χ1v) is 18.3. The molecule has 51 heavy (non-hydrogen) atoms. The molecule has 4 N–H and O–H groups in total. The van der Waals surface area contributed by atoms with Crippen molar-refractivity contribution < 1.29 is 13.9 Å². The molecule has 0 aliphatic heterocycles. The molecule has 2 fully saturated rings. The topological polar surface area (TPSA) is 120 Å². The van der Waals surface area contributed by atoms with Crippen molar-refractivity contribution in [1.29, 1.82) is 5.26 Å². The van der Waals surface area contributed by atoms with Gasteiger partial charge in [-0.1, -0.05) is 59.6 Å². The maximum absolute atomic E-state index is 13.6. The van der Waals surface area contributed by atoms with E-state index in [9.17, 15) is 4.39 Å². The average Bonchev–Trinajstić information content (AvgIpc) is 3.14. The molecule has 0 atom stereocenters. The molecule has 10 heteroatoms. The van der Waals surface area contributed by atoms with E-state index in [4.69, 9.17) is 49.4 Å². The van der Waals surface area contributed by atoms with Crippen LogP contribution >= 0.6 is 23.2 Å². The summed E-state index contributed by atoms with van der Waals surface area (Å²) in [6.45, 7) is 1.21. The van der Waals surface area contributed by atoms with Gasteiger partial charge in [0.25, 0.3) is 0 Å². The number of aromatic nitrogens is 2. The number of fused-ring (bicyclic) bond motifs is 1. The van der Waals surface area contributed by atoms with Gasteiger partial charge in [-0.15, -0.1) is 0 Å². The van der Waals surface area contributed by atoms with Gasteiger partial charge in [-0.05, 0) is 135 Å². The van der Waals surface area contributed by atoms with E-state index in [1.807, 2.05) is 48.5 Å². The highest BCUT2D eigenvalue weighted by Gasteiger charge is 2.25. The quantitative estimate of drug-likeness (QED) is 0.163. The smallest absolute Gasteiger partial charge is 0.222 e. The predicted molar refractivity (Wildman–Crippen MR) is 203 cm³/mol. The molecule has 2 aliphatic carbocycles. The van der Waals surface area contributed by atoms with Crippen LogP contribution in [0.4, 0.5) is 16.2 Å². The van der Waals surface area contributed by atoms with Crippen LogP contribution in [-0.2, 0) is 0 Å². The molecule has 0 unspecified atom stereocenters. The lowest BCUT2D eigenvalue weighted by Gasteiger charge is -2.29. The molecule has 1 heterocycles. The Balaban J connectivity index is 0.000000177. The van der Waals surface area contributed by atoms with E-state index < -0.39 is 5.82 Å². The number of ether oxygens (including phenoxy) is 2. The third-order valence-electron chi connectivity index (χ3n) is 10.1. The summed E-state index contributed by atoms with van der Waals surface area (Å²) in [7, 11) is 0. The van der Waals surface area contributed by atoms with Crippen molar-refractivity contribution in [1.82, 2.24) is 9.97 Å². The largest absolute Gasteiger partial charge is 0.492 e. The molecule has 264 valence electrons. The highest BCUT2D eigenvalue weighted by atomic mass is 35.5. The molecule has 1 aromatic heterocycles.